The number of hydrogen-bond acceptors (Lipinski definition) is 5. The predicted octanol–water partition coefficient (Wildman–Crippen LogP) is 11.2. The minimum atomic E-state index is -5.55. The Kier molecular flexibility index (Phi) is 13.5. The van der Waals surface area contributed by atoms with Gasteiger partial charge in [0.05, 0.1) is 19.3 Å². The van der Waals surface area contributed by atoms with E-state index in [2.05, 4.69) is 43.7 Å². The molecule has 3 nitrogen and oxygen atoms in total. The zero-order chi connectivity index (χ0) is 33.6. The van der Waals surface area contributed by atoms with Crippen molar-refractivity contribution < 1.29 is 40.6 Å². The third-order valence-corrected chi connectivity index (χ3v) is 13.3. The van der Waals surface area contributed by atoms with Crippen LogP contribution in [0.5, 0.6) is 5.75 Å². The molecule has 5 unspecified atom stereocenters. The maximum Gasteiger partial charge on any atom is 0.426 e. The summed E-state index contributed by atoms with van der Waals surface area (Å²) in [5, 5.41) is 0. The SMILES string of the molecule is CC(C)CCCCSSCCCOc1ccc2c(c1)CCC1C2CCC2(C)C(OCCCOC(C)(C(F)(F)F)C(F)(F)F)CCC12. The molecule has 1 aromatic rings. The summed E-state index contributed by atoms with van der Waals surface area (Å²) >= 11 is 0. The summed E-state index contributed by atoms with van der Waals surface area (Å²) < 4.78 is 95.2. The number of fused-ring (bicyclic) bond motifs is 5. The van der Waals surface area contributed by atoms with E-state index in [1.54, 1.807) is 0 Å². The lowest BCUT2D eigenvalue weighted by Gasteiger charge is -2.50. The molecule has 4 rings (SSSR count). The first-order valence-electron chi connectivity index (χ1n) is 17.1. The zero-order valence-corrected chi connectivity index (χ0v) is 29.4. The molecule has 2 saturated carbocycles. The fourth-order valence-electron chi connectivity index (χ4n) is 7.90. The number of benzene rings is 1. The summed E-state index contributed by atoms with van der Waals surface area (Å²) in [6, 6.07) is 6.63. The zero-order valence-electron chi connectivity index (χ0n) is 27.7. The largest absolute Gasteiger partial charge is 0.494 e. The van der Waals surface area contributed by atoms with Gasteiger partial charge in [-0.2, -0.15) is 26.3 Å². The molecular weight excluding hydrogens is 647 g/mol. The molecule has 2 fully saturated rings. The molecule has 3 aliphatic carbocycles. The molecule has 1 aromatic carbocycles. The van der Waals surface area contributed by atoms with Crippen LogP contribution < -0.4 is 4.74 Å². The van der Waals surface area contributed by atoms with Crippen LogP contribution in [0.3, 0.4) is 0 Å². The third-order valence-electron chi connectivity index (χ3n) is 10.7. The second-order valence-corrected chi connectivity index (χ2v) is 16.9. The molecule has 0 radical (unpaired) electrons. The molecule has 5 atom stereocenters. The summed E-state index contributed by atoms with van der Waals surface area (Å²) in [5.41, 5.74) is -1.39. The summed E-state index contributed by atoms with van der Waals surface area (Å²) in [6.07, 6.45) is -0.148. The van der Waals surface area contributed by atoms with Crippen LogP contribution >= 0.6 is 21.6 Å². The predicted molar refractivity (Wildman–Crippen MR) is 176 cm³/mol. The Balaban J connectivity index is 1.20. The topological polar surface area (TPSA) is 27.7 Å². The van der Waals surface area contributed by atoms with Crippen LogP contribution in [-0.2, 0) is 15.9 Å². The van der Waals surface area contributed by atoms with Crippen molar-refractivity contribution in [2.24, 2.45) is 23.2 Å². The number of unbranched alkanes of at least 4 members (excludes halogenated alkanes) is 1. The standard InChI is InChI=1S/C35H52F6O3S2/c1-24(2)9-5-6-21-45-46-22-8-19-42-26-11-13-27-25(23-26)10-12-29-28(27)16-17-32(3)30(29)14-15-31(32)43-18-7-20-44-33(4,34(36,37)38)35(39,40)41/h11,13,23-24,28-31H,5-10,12,14-22H2,1-4H3. The van der Waals surface area contributed by atoms with E-state index in [1.165, 1.54) is 36.1 Å². The first-order chi connectivity index (χ1) is 21.7. The van der Waals surface area contributed by atoms with E-state index in [9.17, 15) is 26.3 Å². The second-order valence-electron chi connectivity index (χ2n) is 14.2. The van der Waals surface area contributed by atoms with Crippen LogP contribution in [0.1, 0.15) is 109 Å². The van der Waals surface area contributed by atoms with Gasteiger partial charge in [-0.1, -0.05) is 61.3 Å². The molecule has 0 N–H and O–H groups in total. The van der Waals surface area contributed by atoms with Gasteiger partial charge in [0.25, 0.3) is 5.60 Å². The van der Waals surface area contributed by atoms with Gasteiger partial charge in [0, 0.05) is 18.1 Å². The van der Waals surface area contributed by atoms with Gasteiger partial charge in [0.15, 0.2) is 0 Å². The lowest BCUT2D eigenvalue weighted by Crippen LogP contribution is -2.56. The Hall–Kier alpha value is -0.780. The van der Waals surface area contributed by atoms with Gasteiger partial charge in [0.2, 0.25) is 0 Å². The van der Waals surface area contributed by atoms with E-state index in [1.807, 2.05) is 21.6 Å². The molecule has 0 heterocycles. The molecular formula is C35H52F6O3S2. The van der Waals surface area contributed by atoms with E-state index in [0.29, 0.717) is 17.8 Å². The monoisotopic (exact) mass is 698 g/mol. The van der Waals surface area contributed by atoms with Crippen LogP contribution in [-0.4, -0.2) is 55.4 Å². The smallest absolute Gasteiger partial charge is 0.426 e. The summed E-state index contributed by atoms with van der Waals surface area (Å²) in [5.74, 6) is 5.59. The Morgan fingerprint density at radius 3 is 2.28 bits per heavy atom. The molecule has 0 aromatic heterocycles. The maximum atomic E-state index is 13.1. The number of rotatable bonds is 17. The highest BCUT2D eigenvalue weighted by Crippen LogP contribution is 2.61. The molecule has 0 aliphatic heterocycles. The van der Waals surface area contributed by atoms with Crippen molar-refractivity contribution in [3.8, 4) is 5.75 Å². The Morgan fingerprint density at radius 1 is 0.870 bits per heavy atom. The fraction of sp³-hybridized carbons (Fsp3) is 0.829. The second kappa shape index (κ2) is 16.3. The molecule has 0 bridgehead atoms. The van der Waals surface area contributed by atoms with Gasteiger partial charge in [0.1, 0.15) is 5.75 Å². The van der Waals surface area contributed by atoms with Crippen molar-refractivity contribution in [2.75, 3.05) is 31.3 Å². The molecule has 3 aliphatic rings. The molecule has 0 saturated heterocycles. The van der Waals surface area contributed by atoms with Crippen molar-refractivity contribution in [1.82, 2.24) is 0 Å². The average Bonchev–Trinajstić information content (AvgIpc) is 3.32. The molecule has 11 heteroatoms. The van der Waals surface area contributed by atoms with E-state index in [-0.39, 0.29) is 31.5 Å². The maximum absolute atomic E-state index is 13.1. The Morgan fingerprint density at radius 2 is 1.59 bits per heavy atom. The molecule has 0 spiro atoms. The third kappa shape index (κ3) is 9.06. The minimum absolute atomic E-state index is 0.0286. The van der Waals surface area contributed by atoms with Gasteiger partial charge in [-0.25, -0.2) is 0 Å². The van der Waals surface area contributed by atoms with Crippen LogP contribution in [0.15, 0.2) is 18.2 Å². The first-order valence-corrected chi connectivity index (χ1v) is 19.5. The first kappa shape index (κ1) is 38.0. The highest BCUT2D eigenvalue weighted by Gasteiger charge is 2.69. The van der Waals surface area contributed by atoms with Crippen LogP contribution in [0, 0.1) is 23.2 Å². The number of ether oxygens (including phenoxy) is 3. The van der Waals surface area contributed by atoms with Gasteiger partial charge in [-0.15, -0.1) is 0 Å². The van der Waals surface area contributed by atoms with E-state index in [0.717, 1.165) is 69.0 Å². The highest BCUT2D eigenvalue weighted by molar-refractivity contribution is 8.76. The van der Waals surface area contributed by atoms with E-state index < -0.39 is 24.6 Å². The van der Waals surface area contributed by atoms with E-state index >= 15 is 0 Å². The van der Waals surface area contributed by atoms with Crippen molar-refractivity contribution in [2.45, 2.75) is 128 Å². The van der Waals surface area contributed by atoms with E-state index in [4.69, 9.17) is 9.47 Å². The molecule has 0 amide bonds. The highest BCUT2D eigenvalue weighted by atomic mass is 33.1. The van der Waals surface area contributed by atoms with Crippen molar-refractivity contribution in [1.29, 1.82) is 0 Å². The lowest BCUT2D eigenvalue weighted by molar-refractivity contribution is -0.374. The Bertz CT molecular complexity index is 1080. The van der Waals surface area contributed by atoms with Gasteiger partial charge < -0.3 is 14.2 Å². The van der Waals surface area contributed by atoms with Crippen molar-refractivity contribution >= 4 is 21.6 Å². The number of hydrogen-bond donors (Lipinski definition) is 0. The lowest BCUT2D eigenvalue weighted by atomic mass is 9.55. The normalized spacial score (nSPS) is 26.6. The fourth-order valence-corrected chi connectivity index (χ4v) is 10.1. The van der Waals surface area contributed by atoms with Crippen LogP contribution in [0.4, 0.5) is 26.3 Å². The van der Waals surface area contributed by atoms with Crippen LogP contribution in [0.2, 0.25) is 0 Å². The van der Waals surface area contributed by atoms with Gasteiger partial charge in [-0.3, -0.25) is 0 Å². The summed E-state index contributed by atoms with van der Waals surface area (Å²) in [6.45, 7) is 7.00. The van der Waals surface area contributed by atoms with Crippen molar-refractivity contribution in [3.05, 3.63) is 29.3 Å². The van der Waals surface area contributed by atoms with Gasteiger partial charge >= 0.3 is 12.4 Å². The molecule has 46 heavy (non-hydrogen) atoms. The number of halogens is 6. The van der Waals surface area contributed by atoms with Gasteiger partial charge in [-0.05, 0) is 117 Å². The summed E-state index contributed by atoms with van der Waals surface area (Å²) in [4.78, 5) is 0. The number of alkyl halides is 6. The summed E-state index contributed by atoms with van der Waals surface area (Å²) in [7, 11) is 3.92. The number of aryl methyl sites for hydroxylation is 1. The quantitative estimate of drug-likeness (QED) is 0.0917. The van der Waals surface area contributed by atoms with Crippen LogP contribution in [0.25, 0.3) is 0 Å². The molecule has 264 valence electrons. The van der Waals surface area contributed by atoms with Crippen molar-refractivity contribution in [3.63, 3.8) is 0 Å². The minimum Gasteiger partial charge on any atom is -0.494 e. The Labute approximate surface area is 279 Å². The average molecular weight is 699 g/mol.